The Balaban J connectivity index is 2.82. The van der Waals surface area contributed by atoms with Gasteiger partial charge in [0.05, 0.1) is 5.56 Å². The van der Waals surface area contributed by atoms with Gasteiger partial charge in [-0.15, -0.1) is 0 Å². The van der Waals surface area contributed by atoms with Crippen LogP contribution < -0.4 is 11.5 Å². The van der Waals surface area contributed by atoms with Gasteiger partial charge >= 0.3 is 5.97 Å². The molecule has 17 heavy (non-hydrogen) atoms. The van der Waals surface area contributed by atoms with Crippen LogP contribution in [0, 0.1) is 6.92 Å². The molecular weight excluding hydrogens is 220 g/mol. The van der Waals surface area contributed by atoms with Gasteiger partial charge in [-0.05, 0) is 37.1 Å². The number of anilines is 1. The zero-order valence-electron chi connectivity index (χ0n) is 9.90. The number of primary amides is 1. The van der Waals surface area contributed by atoms with E-state index >= 15 is 0 Å². The van der Waals surface area contributed by atoms with Gasteiger partial charge < -0.3 is 16.2 Å². The average Bonchev–Trinajstić information content (AvgIpc) is 2.28. The molecule has 0 saturated heterocycles. The zero-order valence-corrected chi connectivity index (χ0v) is 9.90. The van der Waals surface area contributed by atoms with Gasteiger partial charge in [0.1, 0.15) is 0 Å². The van der Waals surface area contributed by atoms with Crippen molar-refractivity contribution in [3.8, 4) is 0 Å². The lowest BCUT2D eigenvalue weighted by Gasteiger charge is -2.12. The summed E-state index contributed by atoms with van der Waals surface area (Å²) in [6, 6.07) is 4.79. The molecular formula is C12H16N2O3. The molecule has 0 heterocycles. The predicted molar refractivity (Wildman–Crippen MR) is 64.3 cm³/mol. The Kier molecular flexibility index (Phi) is 4.09. The molecule has 0 aromatic heterocycles. The number of nitrogen functional groups attached to an aromatic ring is 1. The van der Waals surface area contributed by atoms with Crippen molar-refractivity contribution in [1.82, 2.24) is 0 Å². The lowest BCUT2D eigenvalue weighted by atomic mass is 10.1. The van der Waals surface area contributed by atoms with Crippen LogP contribution in [0.3, 0.4) is 0 Å². The van der Waals surface area contributed by atoms with Crippen LogP contribution in [0.25, 0.3) is 0 Å². The predicted octanol–water partition coefficient (Wildman–Crippen LogP) is 0.998. The Morgan fingerprint density at radius 2 is 2.06 bits per heavy atom. The monoisotopic (exact) mass is 236 g/mol. The van der Waals surface area contributed by atoms with Crippen LogP contribution in [0.15, 0.2) is 18.2 Å². The highest BCUT2D eigenvalue weighted by Crippen LogP contribution is 2.14. The highest BCUT2D eigenvalue weighted by atomic mass is 16.5. The Labute approximate surface area is 99.7 Å². The second-order valence-corrected chi connectivity index (χ2v) is 3.78. The molecule has 1 atom stereocenters. The van der Waals surface area contributed by atoms with Crippen molar-refractivity contribution in [1.29, 1.82) is 0 Å². The molecule has 5 heteroatoms. The third kappa shape index (κ3) is 3.21. The fourth-order valence-corrected chi connectivity index (χ4v) is 1.34. The first-order valence-electron chi connectivity index (χ1n) is 5.32. The quantitative estimate of drug-likeness (QED) is 0.602. The number of esters is 1. The number of nitrogens with two attached hydrogens (primary N) is 2. The first kappa shape index (κ1) is 13.0. The molecule has 92 valence electrons. The summed E-state index contributed by atoms with van der Waals surface area (Å²) >= 11 is 0. The molecule has 0 radical (unpaired) electrons. The van der Waals surface area contributed by atoms with Gasteiger partial charge in [0.2, 0.25) is 0 Å². The van der Waals surface area contributed by atoms with E-state index in [1.807, 2.05) is 0 Å². The molecule has 0 fully saturated rings. The summed E-state index contributed by atoms with van der Waals surface area (Å²) in [4.78, 5) is 22.7. The highest BCUT2D eigenvalue weighted by Gasteiger charge is 2.19. The zero-order chi connectivity index (χ0) is 13.0. The van der Waals surface area contributed by atoms with Gasteiger partial charge in [-0.25, -0.2) is 4.79 Å². The van der Waals surface area contributed by atoms with Crippen LogP contribution in [0.4, 0.5) is 5.69 Å². The number of amides is 1. The van der Waals surface area contributed by atoms with Gasteiger partial charge in [0.15, 0.2) is 6.10 Å². The summed E-state index contributed by atoms with van der Waals surface area (Å²) in [5.74, 6) is -1.22. The molecule has 5 nitrogen and oxygen atoms in total. The van der Waals surface area contributed by atoms with E-state index in [-0.39, 0.29) is 0 Å². The topological polar surface area (TPSA) is 95.4 Å². The van der Waals surface area contributed by atoms with Crippen LogP contribution in [-0.2, 0) is 9.53 Å². The summed E-state index contributed by atoms with van der Waals surface area (Å²) in [6.45, 7) is 3.51. The lowest BCUT2D eigenvalue weighted by molar-refractivity contribution is -0.126. The summed E-state index contributed by atoms with van der Waals surface area (Å²) < 4.78 is 4.99. The number of hydrogen-bond acceptors (Lipinski definition) is 4. The van der Waals surface area contributed by atoms with Gasteiger partial charge in [-0.1, -0.05) is 6.92 Å². The molecule has 1 rings (SSSR count). The van der Waals surface area contributed by atoms with Crippen molar-refractivity contribution in [2.75, 3.05) is 5.73 Å². The Hall–Kier alpha value is -2.04. The third-order valence-corrected chi connectivity index (χ3v) is 2.44. The number of carbonyl (C=O) groups excluding carboxylic acids is 2. The smallest absolute Gasteiger partial charge is 0.338 e. The van der Waals surface area contributed by atoms with Gasteiger partial charge in [-0.3, -0.25) is 4.79 Å². The van der Waals surface area contributed by atoms with Crippen molar-refractivity contribution in [3.63, 3.8) is 0 Å². The minimum absolute atomic E-state index is 0.356. The first-order chi connectivity index (χ1) is 7.95. The van der Waals surface area contributed by atoms with Gasteiger partial charge in [-0.2, -0.15) is 0 Å². The number of aryl methyl sites for hydroxylation is 1. The molecule has 1 aromatic rings. The molecule has 4 N–H and O–H groups in total. The van der Waals surface area contributed by atoms with E-state index in [4.69, 9.17) is 16.2 Å². The fourth-order valence-electron chi connectivity index (χ4n) is 1.34. The number of ether oxygens (including phenoxy) is 1. The molecule has 0 aliphatic carbocycles. The van der Waals surface area contributed by atoms with Crippen LogP contribution in [0.2, 0.25) is 0 Å². The summed E-state index contributed by atoms with van der Waals surface area (Å²) in [6.07, 6.45) is -0.532. The van der Waals surface area contributed by atoms with E-state index in [1.54, 1.807) is 32.0 Å². The van der Waals surface area contributed by atoms with Crippen molar-refractivity contribution in [2.24, 2.45) is 5.73 Å². The van der Waals surface area contributed by atoms with Crippen molar-refractivity contribution in [2.45, 2.75) is 26.4 Å². The number of benzene rings is 1. The van der Waals surface area contributed by atoms with Crippen LogP contribution in [0.1, 0.15) is 29.3 Å². The Bertz CT molecular complexity index is 443. The van der Waals surface area contributed by atoms with Gasteiger partial charge in [0, 0.05) is 5.69 Å². The largest absolute Gasteiger partial charge is 0.449 e. The molecule has 0 saturated carbocycles. The third-order valence-electron chi connectivity index (χ3n) is 2.44. The van der Waals surface area contributed by atoms with Gasteiger partial charge in [0.25, 0.3) is 5.91 Å². The number of carbonyl (C=O) groups is 2. The Morgan fingerprint density at radius 1 is 1.41 bits per heavy atom. The second kappa shape index (κ2) is 5.34. The molecule has 1 unspecified atom stereocenters. The van der Waals surface area contributed by atoms with E-state index in [0.29, 0.717) is 17.7 Å². The normalized spacial score (nSPS) is 11.9. The fraction of sp³-hybridized carbons (Fsp3) is 0.333. The molecule has 0 bridgehead atoms. The van der Waals surface area contributed by atoms with Crippen LogP contribution >= 0.6 is 0 Å². The van der Waals surface area contributed by atoms with E-state index < -0.39 is 18.0 Å². The van der Waals surface area contributed by atoms with E-state index in [9.17, 15) is 9.59 Å². The standard InChI is InChI=1S/C12H16N2O3/c1-3-10(11(14)15)17-12(16)8-4-5-9(13)7(2)6-8/h4-6,10H,3,13H2,1-2H3,(H2,14,15). The second-order valence-electron chi connectivity index (χ2n) is 3.78. The Morgan fingerprint density at radius 3 is 2.53 bits per heavy atom. The SMILES string of the molecule is CCC(OC(=O)c1ccc(N)c(C)c1)C(N)=O. The minimum atomic E-state index is -0.889. The van der Waals surface area contributed by atoms with E-state index in [0.717, 1.165) is 5.56 Å². The van der Waals surface area contributed by atoms with Crippen LogP contribution in [-0.4, -0.2) is 18.0 Å². The first-order valence-corrected chi connectivity index (χ1v) is 5.32. The van der Waals surface area contributed by atoms with E-state index in [2.05, 4.69) is 0 Å². The maximum atomic E-state index is 11.7. The summed E-state index contributed by atoms with van der Waals surface area (Å²) in [5.41, 5.74) is 12.5. The molecule has 1 aromatic carbocycles. The molecule has 1 amide bonds. The molecule has 0 aliphatic heterocycles. The van der Waals surface area contributed by atoms with Crippen molar-refractivity contribution >= 4 is 17.6 Å². The van der Waals surface area contributed by atoms with Crippen molar-refractivity contribution < 1.29 is 14.3 Å². The highest BCUT2D eigenvalue weighted by molar-refractivity contribution is 5.92. The van der Waals surface area contributed by atoms with E-state index in [1.165, 1.54) is 0 Å². The number of rotatable bonds is 4. The molecule has 0 aliphatic rings. The maximum absolute atomic E-state index is 11.7. The molecule has 0 spiro atoms. The number of hydrogen-bond donors (Lipinski definition) is 2. The van der Waals surface area contributed by atoms with Crippen LogP contribution in [0.5, 0.6) is 0 Å². The summed E-state index contributed by atoms with van der Waals surface area (Å²) in [7, 11) is 0. The minimum Gasteiger partial charge on any atom is -0.449 e. The average molecular weight is 236 g/mol. The summed E-state index contributed by atoms with van der Waals surface area (Å²) in [5, 5.41) is 0. The lowest BCUT2D eigenvalue weighted by Crippen LogP contribution is -2.32. The maximum Gasteiger partial charge on any atom is 0.338 e. The van der Waals surface area contributed by atoms with Crippen molar-refractivity contribution in [3.05, 3.63) is 29.3 Å².